The molecule has 0 bridgehead atoms. The Morgan fingerprint density at radius 3 is 1.18 bits per heavy atom. The first-order valence-electron chi connectivity index (χ1n) is 13.7. The third-order valence-corrected chi connectivity index (χ3v) is 6.34. The second-order valence-corrected chi connectivity index (χ2v) is 9.54. The standard InChI is InChI=1S/C30H48N2O2/c1-2-3-4-5-6-7-8-9-10-11-12-13-14-15-16-17-30(33-28-22-18-26(31)19-23-28)34-29-24-20-27(32)21-25-29/h18-25,30H,2-17,31-32H2,1H3. The molecule has 2 rings (SSSR count). The molecule has 34 heavy (non-hydrogen) atoms. The van der Waals surface area contributed by atoms with Crippen LogP contribution in [0.15, 0.2) is 48.5 Å². The fourth-order valence-electron chi connectivity index (χ4n) is 4.22. The fraction of sp³-hybridized carbons (Fsp3) is 0.600. The Hall–Kier alpha value is -2.36. The van der Waals surface area contributed by atoms with Gasteiger partial charge in [0.05, 0.1) is 0 Å². The lowest BCUT2D eigenvalue weighted by molar-refractivity contribution is -0.00244. The molecule has 4 heteroatoms. The summed E-state index contributed by atoms with van der Waals surface area (Å²) in [7, 11) is 0. The minimum atomic E-state index is -0.325. The molecule has 0 aliphatic carbocycles. The highest BCUT2D eigenvalue weighted by Crippen LogP contribution is 2.22. The van der Waals surface area contributed by atoms with Crippen molar-refractivity contribution in [2.24, 2.45) is 0 Å². The molecule has 4 nitrogen and oxygen atoms in total. The number of ether oxygens (including phenoxy) is 2. The van der Waals surface area contributed by atoms with E-state index in [2.05, 4.69) is 6.92 Å². The quantitative estimate of drug-likeness (QED) is 0.116. The van der Waals surface area contributed by atoms with Crippen LogP contribution in [0.1, 0.15) is 110 Å². The van der Waals surface area contributed by atoms with Crippen LogP contribution in [0.5, 0.6) is 11.5 Å². The molecule has 0 spiro atoms. The number of hydrogen-bond acceptors (Lipinski definition) is 4. The van der Waals surface area contributed by atoms with Gasteiger partial charge in [-0.15, -0.1) is 0 Å². The van der Waals surface area contributed by atoms with Crippen LogP contribution in [0, 0.1) is 0 Å². The predicted octanol–water partition coefficient (Wildman–Crippen LogP) is 8.90. The van der Waals surface area contributed by atoms with E-state index in [0.29, 0.717) is 0 Å². The van der Waals surface area contributed by atoms with Crippen molar-refractivity contribution in [3.63, 3.8) is 0 Å². The van der Waals surface area contributed by atoms with Crippen LogP contribution in [-0.4, -0.2) is 6.29 Å². The van der Waals surface area contributed by atoms with Crippen LogP contribution in [0.4, 0.5) is 11.4 Å². The molecule has 0 aliphatic rings. The number of nitrogens with two attached hydrogens (primary N) is 2. The van der Waals surface area contributed by atoms with Gasteiger partial charge in [0.25, 0.3) is 0 Å². The lowest BCUT2D eigenvalue weighted by Crippen LogP contribution is -2.24. The zero-order chi connectivity index (χ0) is 24.3. The van der Waals surface area contributed by atoms with Gasteiger partial charge in [-0.05, 0) is 55.0 Å². The van der Waals surface area contributed by atoms with Gasteiger partial charge in [0.15, 0.2) is 0 Å². The molecule has 190 valence electrons. The zero-order valence-corrected chi connectivity index (χ0v) is 21.5. The van der Waals surface area contributed by atoms with E-state index in [4.69, 9.17) is 20.9 Å². The van der Waals surface area contributed by atoms with E-state index in [0.717, 1.165) is 35.7 Å². The molecule has 0 aliphatic heterocycles. The highest BCUT2D eigenvalue weighted by atomic mass is 16.7. The Labute approximate surface area is 208 Å². The highest BCUT2D eigenvalue weighted by molar-refractivity contribution is 5.42. The molecule has 0 saturated carbocycles. The van der Waals surface area contributed by atoms with Gasteiger partial charge in [-0.1, -0.05) is 96.8 Å². The van der Waals surface area contributed by atoms with E-state index < -0.39 is 0 Å². The van der Waals surface area contributed by atoms with Crippen LogP contribution in [0.25, 0.3) is 0 Å². The molecule has 2 aromatic rings. The maximum atomic E-state index is 6.11. The fourth-order valence-corrected chi connectivity index (χ4v) is 4.22. The average molecular weight is 469 g/mol. The molecular formula is C30H48N2O2. The van der Waals surface area contributed by atoms with Crippen molar-refractivity contribution in [1.82, 2.24) is 0 Å². The van der Waals surface area contributed by atoms with Crippen LogP contribution < -0.4 is 20.9 Å². The predicted molar refractivity (Wildman–Crippen MR) is 146 cm³/mol. The second-order valence-electron chi connectivity index (χ2n) is 9.54. The molecule has 0 unspecified atom stereocenters. The molecule has 0 radical (unpaired) electrons. The number of unbranched alkanes of at least 4 members (excludes halogenated alkanes) is 14. The van der Waals surface area contributed by atoms with Crippen LogP contribution in [0.2, 0.25) is 0 Å². The van der Waals surface area contributed by atoms with Gasteiger partial charge < -0.3 is 20.9 Å². The Bertz CT molecular complexity index is 683. The summed E-state index contributed by atoms with van der Waals surface area (Å²) in [6.07, 6.45) is 20.9. The van der Waals surface area contributed by atoms with Crippen molar-refractivity contribution in [3.8, 4) is 11.5 Å². The number of hydrogen-bond donors (Lipinski definition) is 2. The van der Waals surface area contributed by atoms with Gasteiger partial charge in [0.1, 0.15) is 11.5 Å². The van der Waals surface area contributed by atoms with Crippen LogP contribution in [-0.2, 0) is 0 Å². The van der Waals surface area contributed by atoms with E-state index in [1.807, 2.05) is 48.5 Å². The summed E-state index contributed by atoms with van der Waals surface area (Å²) in [5.74, 6) is 1.55. The second kappa shape index (κ2) is 18.0. The topological polar surface area (TPSA) is 70.5 Å². The Morgan fingerprint density at radius 1 is 0.500 bits per heavy atom. The Morgan fingerprint density at radius 2 is 0.824 bits per heavy atom. The third kappa shape index (κ3) is 13.4. The normalized spacial score (nSPS) is 11.1. The summed E-state index contributed by atoms with van der Waals surface area (Å²) in [6.45, 7) is 2.28. The van der Waals surface area contributed by atoms with Crippen molar-refractivity contribution in [2.45, 2.75) is 116 Å². The van der Waals surface area contributed by atoms with Gasteiger partial charge in [0, 0.05) is 17.8 Å². The van der Waals surface area contributed by atoms with Crippen LogP contribution >= 0.6 is 0 Å². The largest absolute Gasteiger partial charge is 0.455 e. The molecule has 0 heterocycles. The summed E-state index contributed by atoms with van der Waals surface area (Å²) < 4.78 is 12.2. The minimum absolute atomic E-state index is 0.325. The average Bonchev–Trinajstić information content (AvgIpc) is 2.84. The molecule has 4 N–H and O–H groups in total. The number of anilines is 2. The third-order valence-electron chi connectivity index (χ3n) is 6.34. The van der Waals surface area contributed by atoms with Crippen LogP contribution in [0.3, 0.4) is 0 Å². The van der Waals surface area contributed by atoms with Crippen molar-refractivity contribution in [1.29, 1.82) is 0 Å². The molecule has 0 amide bonds. The maximum Gasteiger partial charge on any atom is 0.241 e. The first kappa shape index (κ1) is 27.9. The Balaban J connectivity index is 1.56. The zero-order valence-electron chi connectivity index (χ0n) is 21.5. The number of nitrogen functional groups attached to an aromatic ring is 2. The minimum Gasteiger partial charge on any atom is -0.455 e. The van der Waals surface area contributed by atoms with E-state index in [-0.39, 0.29) is 6.29 Å². The summed E-state index contributed by atoms with van der Waals surface area (Å²) in [5.41, 5.74) is 13.0. The lowest BCUT2D eigenvalue weighted by Gasteiger charge is -2.21. The number of rotatable bonds is 20. The molecule has 0 fully saturated rings. The molecule has 0 aromatic heterocycles. The van der Waals surface area contributed by atoms with Gasteiger partial charge >= 0.3 is 0 Å². The lowest BCUT2D eigenvalue weighted by atomic mass is 10.0. The molecule has 0 saturated heterocycles. The summed E-state index contributed by atoms with van der Waals surface area (Å²) in [4.78, 5) is 0. The monoisotopic (exact) mass is 468 g/mol. The SMILES string of the molecule is CCCCCCCCCCCCCCCCCC(Oc1ccc(N)cc1)Oc1ccc(N)cc1. The van der Waals surface area contributed by atoms with E-state index in [1.54, 1.807) is 0 Å². The van der Waals surface area contributed by atoms with Gasteiger partial charge in [0.2, 0.25) is 6.29 Å². The molecule has 0 atom stereocenters. The smallest absolute Gasteiger partial charge is 0.241 e. The van der Waals surface area contributed by atoms with E-state index in [9.17, 15) is 0 Å². The maximum absolute atomic E-state index is 6.11. The van der Waals surface area contributed by atoms with E-state index in [1.165, 1.54) is 89.9 Å². The highest BCUT2D eigenvalue weighted by Gasteiger charge is 2.12. The summed E-state index contributed by atoms with van der Waals surface area (Å²) >= 11 is 0. The Kier molecular flexibility index (Phi) is 14.8. The van der Waals surface area contributed by atoms with Gasteiger partial charge in [-0.3, -0.25) is 0 Å². The van der Waals surface area contributed by atoms with Crippen molar-refractivity contribution in [3.05, 3.63) is 48.5 Å². The summed E-state index contributed by atoms with van der Waals surface area (Å²) in [6, 6.07) is 15.0. The van der Waals surface area contributed by atoms with Crippen molar-refractivity contribution >= 4 is 11.4 Å². The van der Waals surface area contributed by atoms with Gasteiger partial charge in [-0.25, -0.2) is 0 Å². The van der Waals surface area contributed by atoms with Crippen molar-refractivity contribution < 1.29 is 9.47 Å². The summed E-state index contributed by atoms with van der Waals surface area (Å²) in [5, 5.41) is 0. The molecular weight excluding hydrogens is 420 g/mol. The molecule has 2 aromatic carbocycles. The first-order valence-corrected chi connectivity index (χ1v) is 13.7. The van der Waals surface area contributed by atoms with E-state index >= 15 is 0 Å². The van der Waals surface area contributed by atoms with Crippen molar-refractivity contribution in [2.75, 3.05) is 11.5 Å². The van der Waals surface area contributed by atoms with Gasteiger partial charge in [-0.2, -0.15) is 0 Å². The number of benzene rings is 2. The first-order chi connectivity index (χ1) is 16.7.